The van der Waals surface area contributed by atoms with Crippen LogP contribution in [-0.2, 0) is 13.1 Å². The van der Waals surface area contributed by atoms with E-state index in [-0.39, 0.29) is 5.56 Å². The highest BCUT2D eigenvalue weighted by Gasteiger charge is 2.17. The van der Waals surface area contributed by atoms with Crippen molar-refractivity contribution in [3.05, 3.63) is 51.2 Å². The maximum absolute atomic E-state index is 12.5. The summed E-state index contributed by atoms with van der Waals surface area (Å²) in [4.78, 5) is 31.5. The molecule has 0 atom stereocenters. The van der Waals surface area contributed by atoms with Crippen LogP contribution in [0.1, 0.15) is 13.8 Å². The van der Waals surface area contributed by atoms with Crippen LogP contribution in [0.4, 0.5) is 0 Å². The highest BCUT2D eigenvalue weighted by Crippen LogP contribution is 2.21. The molecule has 0 saturated carbocycles. The number of aromatic nitrogens is 4. The number of hydrogen-bond donors (Lipinski definition) is 1. The highest BCUT2D eigenvalue weighted by atomic mass is 16.2. The summed E-state index contributed by atoms with van der Waals surface area (Å²) in [6.45, 7) is 4.66. The van der Waals surface area contributed by atoms with Crippen LogP contribution in [-0.4, -0.2) is 19.1 Å². The van der Waals surface area contributed by atoms with Gasteiger partial charge in [0.2, 0.25) is 0 Å². The minimum Gasteiger partial charge on any atom is -0.318 e. The molecule has 108 valence electrons. The molecule has 2 heterocycles. The summed E-state index contributed by atoms with van der Waals surface area (Å²) in [5.74, 6) is 0.690. The summed E-state index contributed by atoms with van der Waals surface area (Å²) < 4.78 is 3.03. The van der Waals surface area contributed by atoms with Crippen LogP contribution < -0.4 is 11.2 Å². The number of fused-ring (bicyclic) bond motifs is 1. The molecule has 0 bridgehead atoms. The van der Waals surface area contributed by atoms with Crippen LogP contribution in [0.3, 0.4) is 0 Å². The zero-order chi connectivity index (χ0) is 15.0. The first kappa shape index (κ1) is 13.4. The second-order valence-corrected chi connectivity index (χ2v) is 4.72. The van der Waals surface area contributed by atoms with Crippen molar-refractivity contribution in [3.63, 3.8) is 0 Å². The number of imidazole rings is 1. The van der Waals surface area contributed by atoms with E-state index < -0.39 is 5.69 Å². The molecule has 0 unspecified atom stereocenters. The third kappa shape index (κ3) is 1.99. The fraction of sp³-hybridized carbons (Fsp3) is 0.267. The topological polar surface area (TPSA) is 72.7 Å². The summed E-state index contributed by atoms with van der Waals surface area (Å²) in [6.07, 6.45) is 0. The molecular weight excluding hydrogens is 268 g/mol. The molecule has 6 nitrogen and oxygen atoms in total. The average Bonchev–Trinajstić information content (AvgIpc) is 2.87. The van der Waals surface area contributed by atoms with Gasteiger partial charge in [-0.2, -0.15) is 0 Å². The van der Waals surface area contributed by atoms with Crippen LogP contribution in [0, 0.1) is 0 Å². The van der Waals surface area contributed by atoms with Crippen molar-refractivity contribution in [3.8, 4) is 11.4 Å². The van der Waals surface area contributed by atoms with Gasteiger partial charge in [-0.3, -0.25) is 14.3 Å². The molecule has 0 fully saturated rings. The molecule has 0 radical (unpaired) electrons. The van der Waals surface area contributed by atoms with Crippen molar-refractivity contribution < 1.29 is 0 Å². The van der Waals surface area contributed by atoms with Crippen molar-refractivity contribution >= 4 is 11.2 Å². The maximum Gasteiger partial charge on any atom is 0.330 e. The molecule has 0 saturated heterocycles. The lowest BCUT2D eigenvalue weighted by Crippen LogP contribution is -2.35. The first-order chi connectivity index (χ1) is 10.2. The van der Waals surface area contributed by atoms with Crippen molar-refractivity contribution in [2.75, 3.05) is 0 Å². The summed E-state index contributed by atoms with van der Waals surface area (Å²) in [7, 11) is 0. The Bertz CT molecular complexity index is 903. The van der Waals surface area contributed by atoms with Crippen LogP contribution >= 0.6 is 0 Å². The van der Waals surface area contributed by atoms with Crippen LogP contribution in [0.5, 0.6) is 0 Å². The van der Waals surface area contributed by atoms with E-state index in [2.05, 4.69) is 9.97 Å². The van der Waals surface area contributed by atoms with Crippen molar-refractivity contribution in [2.45, 2.75) is 26.9 Å². The smallest absolute Gasteiger partial charge is 0.318 e. The monoisotopic (exact) mass is 284 g/mol. The number of hydrogen-bond acceptors (Lipinski definition) is 3. The Morgan fingerprint density at radius 3 is 2.33 bits per heavy atom. The van der Waals surface area contributed by atoms with E-state index in [9.17, 15) is 9.59 Å². The van der Waals surface area contributed by atoms with E-state index in [0.717, 1.165) is 5.56 Å². The van der Waals surface area contributed by atoms with Crippen molar-refractivity contribution in [2.24, 2.45) is 0 Å². The number of aromatic amines is 1. The SMILES string of the molecule is CCn1c(=O)[nH]c2nc(-c3ccccc3)n(CC)c2c1=O. The quantitative estimate of drug-likeness (QED) is 0.794. The number of rotatable bonds is 3. The summed E-state index contributed by atoms with van der Waals surface area (Å²) in [6, 6.07) is 9.63. The zero-order valence-electron chi connectivity index (χ0n) is 12.0. The summed E-state index contributed by atoms with van der Waals surface area (Å²) in [5, 5.41) is 0. The molecule has 3 aromatic rings. The lowest BCUT2D eigenvalue weighted by Gasteiger charge is -2.06. The predicted molar refractivity (Wildman–Crippen MR) is 81.4 cm³/mol. The largest absolute Gasteiger partial charge is 0.330 e. The predicted octanol–water partition coefficient (Wildman–Crippen LogP) is 1.59. The van der Waals surface area contributed by atoms with E-state index in [1.54, 1.807) is 6.92 Å². The fourth-order valence-electron chi connectivity index (χ4n) is 2.55. The average molecular weight is 284 g/mol. The Morgan fingerprint density at radius 1 is 1.05 bits per heavy atom. The minimum atomic E-state index is -0.421. The summed E-state index contributed by atoms with van der Waals surface area (Å²) >= 11 is 0. The maximum atomic E-state index is 12.5. The Labute approximate surface area is 120 Å². The Balaban J connectivity index is 2.42. The van der Waals surface area contributed by atoms with E-state index in [1.165, 1.54) is 4.57 Å². The van der Waals surface area contributed by atoms with Crippen LogP contribution in [0.15, 0.2) is 39.9 Å². The first-order valence-electron chi connectivity index (χ1n) is 6.96. The normalized spacial score (nSPS) is 11.1. The number of aryl methyl sites for hydroxylation is 1. The number of H-pyrrole nitrogens is 1. The van der Waals surface area contributed by atoms with Gasteiger partial charge in [0.05, 0.1) is 0 Å². The molecule has 0 aliphatic rings. The molecule has 0 amide bonds. The standard InChI is InChI=1S/C15H16N4O2/c1-3-18-11-12(17-15(21)19(4-2)14(11)20)16-13(18)10-8-6-5-7-9-10/h5-9H,3-4H2,1-2H3,(H,17,21). The van der Waals surface area contributed by atoms with Gasteiger partial charge >= 0.3 is 5.69 Å². The molecule has 0 aliphatic carbocycles. The molecule has 2 aromatic heterocycles. The van der Waals surface area contributed by atoms with Gasteiger partial charge in [-0.25, -0.2) is 9.78 Å². The Kier molecular flexibility index (Phi) is 3.21. The number of nitrogens with one attached hydrogen (secondary N) is 1. The van der Waals surface area contributed by atoms with Crippen molar-refractivity contribution in [1.29, 1.82) is 0 Å². The van der Waals surface area contributed by atoms with Gasteiger partial charge in [0, 0.05) is 18.7 Å². The van der Waals surface area contributed by atoms with Gasteiger partial charge in [-0.15, -0.1) is 0 Å². The lowest BCUT2D eigenvalue weighted by molar-refractivity contribution is 0.675. The van der Waals surface area contributed by atoms with E-state index in [4.69, 9.17) is 0 Å². The first-order valence-corrected chi connectivity index (χ1v) is 6.96. The van der Waals surface area contributed by atoms with Gasteiger partial charge < -0.3 is 4.57 Å². The van der Waals surface area contributed by atoms with Gasteiger partial charge in [0.25, 0.3) is 5.56 Å². The molecule has 1 aromatic carbocycles. The number of nitrogens with zero attached hydrogens (tertiary/aromatic N) is 3. The second kappa shape index (κ2) is 5.05. The third-order valence-electron chi connectivity index (χ3n) is 3.55. The molecule has 3 rings (SSSR count). The van der Waals surface area contributed by atoms with Crippen LogP contribution in [0.2, 0.25) is 0 Å². The van der Waals surface area contributed by atoms with E-state index in [1.807, 2.05) is 41.8 Å². The van der Waals surface area contributed by atoms with Gasteiger partial charge in [0.15, 0.2) is 11.2 Å². The van der Waals surface area contributed by atoms with Crippen LogP contribution in [0.25, 0.3) is 22.6 Å². The molecular formula is C15H16N4O2. The third-order valence-corrected chi connectivity index (χ3v) is 3.55. The molecule has 0 aliphatic heterocycles. The molecule has 21 heavy (non-hydrogen) atoms. The molecule has 6 heteroatoms. The molecule has 1 N–H and O–H groups in total. The zero-order valence-corrected chi connectivity index (χ0v) is 12.0. The van der Waals surface area contributed by atoms with Gasteiger partial charge in [0.1, 0.15) is 5.82 Å². The van der Waals surface area contributed by atoms with Crippen molar-refractivity contribution in [1.82, 2.24) is 19.1 Å². The minimum absolute atomic E-state index is 0.298. The number of benzene rings is 1. The summed E-state index contributed by atoms with van der Waals surface area (Å²) in [5.41, 5.74) is 0.982. The van der Waals surface area contributed by atoms with Gasteiger partial charge in [-0.1, -0.05) is 30.3 Å². The second-order valence-electron chi connectivity index (χ2n) is 4.72. The van der Waals surface area contributed by atoms with Gasteiger partial charge in [-0.05, 0) is 13.8 Å². The van der Waals surface area contributed by atoms with E-state index >= 15 is 0 Å². The Hall–Kier alpha value is -2.63. The highest BCUT2D eigenvalue weighted by molar-refractivity contribution is 5.76. The lowest BCUT2D eigenvalue weighted by atomic mass is 10.2. The van der Waals surface area contributed by atoms with E-state index in [0.29, 0.717) is 30.1 Å². The Morgan fingerprint density at radius 2 is 1.71 bits per heavy atom. The fourth-order valence-corrected chi connectivity index (χ4v) is 2.55. The molecule has 0 spiro atoms.